The predicted molar refractivity (Wildman–Crippen MR) is 90.5 cm³/mol. The van der Waals surface area contributed by atoms with Gasteiger partial charge in [0.05, 0.1) is 12.6 Å². The van der Waals surface area contributed by atoms with Crippen molar-refractivity contribution < 1.29 is 23.9 Å². The maximum Gasteiger partial charge on any atom is 0.410 e. The number of carbonyl (C=O) groups is 3. The summed E-state index contributed by atoms with van der Waals surface area (Å²) < 4.78 is 9.98. The van der Waals surface area contributed by atoms with Gasteiger partial charge in [-0.1, -0.05) is 30.3 Å². The summed E-state index contributed by atoms with van der Waals surface area (Å²) in [7, 11) is 0. The van der Waals surface area contributed by atoms with E-state index in [1.807, 2.05) is 18.2 Å². The number of likely N-dealkylation sites (tertiary alicyclic amines) is 1. The van der Waals surface area contributed by atoms with Crippen LogP contribution in [0.5, 0.6) is 0 Å². The van der Waals surface area contributed by atoms with Gasteiger partial charge in [-0.05, 0) is 25.3 Å². The Morgan fingerprint density at radius 1 is 1.31 bits per heavy atom. The normalized spacial score (nSPS) is 18.5. The van der Waals surface area contributed by atoms with Crippen molar-refractivity contribution >= 4 is 17.8 Å². The van der Waals surface area contributed by atoms with E-state index in [1.54, 1.807) is 19.1 Å². The molecule has 1 aromatic carbocycles. The number of ether oxygens (including phenoxy) is 2. The molecule has 26 heavy (non-hydrogen) atoms. The second-order valence-corrected chi connectivity index (χ2v) is 5.90. The molecule has 1 amide bonds. The lowest BCUT2D eigenvalue weighted by Crippen LogP contribution is -2.60. The molecule has 2 N–H and O–H groups in total. The molecule has 0 radical (unpaired) electrons. The molecule has 8 heteroatoms. The molecule has 1 aliphatic rings. The summed E-state index contributed by atoms with van der Waals surface area (Å²) in [5, 5.41) is 9.26. The van der Waals surface area contributed by atoms with Gasteiger partial charge in [-0.2, -0.15) is 5.26 Å². The summed E-state index contributed by atoms with van der Waals surface area (Å²) in [6.45, 7) is 1.87. The van der Waals surface area contributed by atoms with E-state index in [0.717, 1.165) is 5.56 Å². The maximum atomic E-state index is 12.7. The number of nitriles is 1. The van der Waals surface area contributed by atoms with Gasteiger partial charge in [-0.25, -0.2) is 9.59 Å². The molecule has 1 aliphatic heterocycles. The third kappa shape index (κ3) is 4.00. The van der Waals surface area contributed by atoms with Gasteiger partial charge in [0.15, 0.2) is 0 Å². The first-order valence-corrected chi connectivity index (χ1v) is 8.33. The minimum absolute atomic E-state index is 0.0136. The van der Waals surface area contributed by atoms with Crippen molar-refractivity contribution in [2.75, 3.05) is 13.2 Å². The molecule has 1 unspecified atom stereocenters. The van der Waals surface area contributed by atoms with Crippen LogP contribution in [0.2, 0.25) is 0 Å². The first-order chi connectivity index (χ1) is 12.4. The van der Waals surface area contributed by atoms with Crippen molar-refractivity contribution in [3.63, 3.8) is 0 Å². The molecule has 138 valence electrons. The number of Topliss-reactive ketones (excluding diaryl/α,β-unsaturated/α-hetero) is 1. The highest BCUT2D eigenvalue weighted by Gasteiger charge is 2.51. The highest BCUT2D eigenvalue weighted by Crippen LogP contribution is 2.23. The van der Waals surface area contributed by atoms with Crippen LogP contribution in [-0.4, -0.2) is 47.5 Å². The van der Waals surface area contributed by atoms with E-state index >= 15 is 0 Å². The molecular weight excluding hydrogens is 338 g/mol. The molecule has 2 rings (SSSR count). The van der Waals surface area contributed by atoms with Gasteiger partial charge in [-0.15, -0.1) is 0 Å². The van der Waals surface area contributed by atoms with Crippen molar-refractivity contribution in [3.8, 4) is 6.07 Å². The zero-order valence-corrected chi connectivity index (χ0v) is 14.5. The predicted octanol–water partition coefficient (Wildman–Crippen LogP) is 1.14. The van der Waals surface area contributed by atoms with Crippen LogP contribution in [-0.2, 0) is 25.7 Å². The first-order valence-electron chi connectivity index (χ1n) is 8.33. The summed E-state index contributed by atoms with van der Waals surface area (Å²) in [4.78, 5) is 38.2. The number of hydrogen-bond donors (Lipinski definition) is 1. The van der Waals surface area contributed by atoms with Crippen LogP contribution in [0.25, 0.3) is 0 Å². The van der Waals surface area contributed by atoms with Crippen molar-refractivity contribution in [1.29, 1.82) is 5.26 Å². The fourth-order valence-electron chi connectivity index (χ4n) is 2.77. The molecule has 0 spiro atoms. The summed E-state index contributed by atoms with van der Waals surface area (Å²) in [6, 6.07) is 9.64. The first kappa shape index (κ1) is 19.4. The quantitative estimate of drug-likeness (QED) is 0.597. The van der Waals surface area contributed by atoms with E-state index in [9.17, 15) is 19.6 Å². The maximum absolute atomic E-state index is 12.7. The molecule has 1 saturated heterocycles. The Kier molecular flexibility index (Phi) is 6.31. The number of nitrogens with zero attached hydrogens (tertiary/aromatic N) is 2. The van der Waals surface area contributed by atoms with Gasteiger partial charge >= 0.3 is 12.1 Å². The van der Waals surface area contributed by atoms with Crippen LogP contribution in [0.15, 0.2) is 30.3 Å². The number of carbonyl (C=O) groups excluding carboxylic acids is 3. The highest BCUT2D eigenvalue weighted by atomic mass is 16.6. The third-order valence-electron chi connectivity index (χ3n) is 4.16. The van der Waals surface area contributed by atoms with Crippen LogP contribution in [0, 0.1) is 11.3 Å². The second kappa shape index (κ2) is 8.45. The van der Waals surface area contributed by atoms with Gasteiger partial charge in [-0.3, -0.25) is 15.4 Å². The molecule has 1 aromatic rings. The lowest BCUT2D eigenvalue weighted by atomic mass is 9.90. The van der Waals surface area contributed by atoms with Gasteiger partial charge in [0.2, 0.25) is 5.78 Å². The number of esters is 1. The highest BCUT2D eigenvalue weighted by molar-refractivity contribution is 6.14. The number of hydrogen-bond acceptors (Lipinski definition) is 7. The molecular formula is C18H21N3O5. The molecule has 8 nitrogen and oxygen atoms in total. The Bertz CT molecular complexity index is 715. The van der Waals surface area contributed by atoms with E-state index in [-0.39, 0.29) is 19.8 Å². The van der Waals surface area contributed by atoms with Crippen molar-refractivity contribution in [2.45, 2.75) is 38.0 Å². The smallest absolute Gasteiger partial charge is 0.410 e. The fourth-order valence-corrected chi connectivity index (χ4v) is 2.77. The number of rotatable bonds is 6. The number of ketones is 1. The Balaban J connectivity index is 2.08. The van der Waals surface area contributed by atoms with Crippen LogP contribution in [0.4, 0.5) is 4.79 Å². The largest absolute Gasteiger partial charge is 0.463 e. The Morgan fingerprint density at radius 2 is 2.00 bits per heavy atom. The summed E-state index contributed by atoms with van der Waals surface area (Å²) in [6.07, 6.45) is 0.161. The Morgan fingerprint density at radius 3 is 2.62 bits per heavy atom. The number of nitrogens with two attached hydrogens (primary N) is 1. The molecule has 0 aliphatic carbocycles. The van der Waals surface area contributed by atoms with Crippen LogP contribution < -0.4 is 5.73 Å². The number of benzene rings is 1. The SMILES string of the molecule is CCOC(=O)C(N)(C#N)C(=O)[C@H]1CCCN1C(=O)OCc1ccccc1. The second-order valence-electron chi connectivity index (χ2n) is 5.90. The van der Waals surface area contributed by atoms with Gasteiger partial charge in [0.1, 0.15) is 12.7 Å². The standard InChI is InChI=1S/C18H21N3O5/c1-2-25-16(23)18(20,12-19)15(22)14-9-6-10-21(14)17(24)26-11-13-7-4-3-5-8-13/h3-5,7-8,14H,2,6,9-11,20H2,1H3/t14-,18?/m1/s1. The van der Waals surface area contributed by atoms with E-state index < -0.39 is 29.4 Å². The van der Waals surface area contributed by atoms with E-state index in [0.29, 0.717) is 12.8 Å². The van der Waals surface area contributed by atoms with Crippen LogP contribution >= 0.6 is 0 Å². The van der Waals surface area contributed by atoms with Gasteiger partial charge in [0, 0.05) is 6.54 Å². The van der Waals surface area contributed by atoms with Gasteiger partial charge in [0.25, 0.3) is 5.54 Å². The summed E-state index contributed by atoms with van der Waals surface area (Å²) in [5.41, 5.74) is 4.08. The topological polar surface area (TPSA) is 123 Å². The van der Waals surface area contributed by atoms with Crippen molar-refractivity contribution in [3.05, 3.63) is 35.9 Å². The summed E-state index contributed by atoms with van der Waals surface area (Å²) in [5.74, 6) is -1.97. The molecule has 1 heterocycles. The third-order valence-corrected chi connectivity index (χ3v) is 4.16. The lowest BCUT2D eigenvalue weighted by Gasteiger charge is -2.27. The van der Waals surface area contributed by atoms with Crippen LogP contribution in [0.1, 0.15) is 25.3 Å². The Hall–Kier alpha value is -2.92. The minimum atomic E-state index is -2.44. The molecule has 2 atom stereocenters. The van der Waals surface area contributed by atoms with Crippen LogP contribution in [0.3, 0.4) is 0 Å². The molecule has 0 bridgehead atoms. The lowest BCUT2D eigenvalue weighted by molar-refractivity contribution is -0.151. The van der Waals surface area contributed by atoms with E-state index in [2.05, 4.69) is 0 Å². The molecule has 0 aromatic heterocycles. The van der Waals surface area contributed by atoms with E-state index in [1.165, 1.54) is 11.0 Å². The summed E-state index contributed by atoms with van der Waals surface area (Å²) >= 11 is 0. The average Bonchev–Trinajstić information content (AvgIpc) is 3.15. The fraction of sp³-hybridized carbons (Fsp3) is 0.444. The Labute approximate surface area is 151 Å². The van der Waals surface area contributed by atoms with E-state index in [4.69, 9.17) is 15.2 Å². The average molecular weight is 359 g/mol. The number of amides is 1. The zero-order chi connectivity index (χ0) is 19.2. The zero-order valence-electron chi connectivity index (χ0n) is 14.5. The monoisotopic (exact) mass is 359 g/mol. The van der Waals surface area contributed by atoms with Crippen molar-refractivity contribution in [2.24, 2.45) is 5.73 Å². The molecule has 0 saturated carbocycles. The molecule has 1 fully saturated rings. The van der Waals surface area contributed by atoms with Crippen molar-refractivity contribution in [1.82, 2.24) is 4.90 Å². The minimum Gasteiger partial charge on any atom is -0.463 e. The van der Waals surface area contributed by atoms with Gasteiger partial charge < -0.3 is 9.47 Å².